The van der Waals surface area contributed by atoms with Gasteiger partial charge in [-0.15, -0.1) is 11.3 Å². The van der Waals surface area contributed by atoms with Gasteiger partial charge in [0, 0.05) is 4.83 Å². The lowest BCUT2D eigenvalue weighted by atomic mass is 9.85. The van der Waals surface area contributed by atoms with Crippen molar-refractivity contribution in [3.63, 3.8) is 0 Å². The Morgan fingerprint density at radius 3 is 2.59 bits per heavy atom. The highest BCUT2D eigenvalue weighted by atomic mass is 79.9. The molecular formula is C13H17BrCl2S. The lowest BCUT2D eigenvalue weighted by Crippen LogP contribution is -2.06. The minimum atomic E-state index is 0.362. The van der Waals surface area contributed by atoms with Gasteiger partial charge in [0.2, 0.25) is 0 Å². The molecule has 0 radical (unpaired) electrons. The summed E-state index contributed by atoms with van der Waals surface area (Å²) in [6.45, 7) is 0. The monoisotopic (exact) mass is 354 g/mol. The molecule has 96 valence electrons. The molecule has 0 bridgehead atoms. The third-order valence-corrected chi connectivity index (χ3v) is 6.04. The summed E-state index contributed by atoms with van der Waals surface area (Å²) in [6, 6.07) is 1.99. The van der Waals surface area contributed by atoms with E-state index in [0.29, 0.717) is 4.83 Å². The lowest BCUT2D eigenvalue weighted by Gasteiger charge is -2.22. The van der Waals surface area contributed by atoms with Crippen molar-refractivity contribution in [3.05, 3.63) is 20.3 Å². The van der Waals surface area contributed by atoms with Crippen molar-refractivity contribution in [1.29, 1.82) is 0 Å². The Kier molecular flexibility index (Phi) is 5.66. The van der Waals surface area contributed by atoms with E-state index in [0.717, 1.165) is 26.6 Å². The highest BCUT2D eigenvalue weighted by Crippen LogP contribution is 2.41. The number of hydrogen-bond acceptors (Lipinski definition) is 1. The molecule has 1 aliphatic carbocycles. The van der Waals surface area contributed by atoms with Crippen LogP contribution in [0.2, 0.25) is 8.67 Å². The molecule has 1 unspecified atom stereocenters. The van der Waals surface area contributed by atoms with Gasteiger partial charge in [-0.25, -0.2) is 0 Å². The summed E-state index contributed by atoms with van der Waals surface area (Å²) in [6.07, 6.45) is 9.57. The SMILES string of the molecule is Clc1cc(C(Br)CCC2CCCCC2)c(Cl)s1. The second kappa shape index (κ2) is 6.79. The molecular weight excluding hydrogens is 339 g/mol. The molecule has 0 aromatic carbocycles. The first kappa shape index (κ1) is 14.2. The highest BCUT2D eigenvalue weighted by molar-refractivity contribution is 9.09. The standard InChI is InChI=1S/C13H17BrCl2S/c14-11(10-8-12(15)17-13(10)16)7-6-9-4-2-1-3-5-9/h8-9,11H,1-7H2. The van der Waals surface area contributed by atoms with Gasteiger partial charge in [0.1, 0.15) is 0 Å². The zero-order valence-corrected chi connectivity index (χ0v) is 13.6. The maximum atomic E-state index is 6.17. The van der Waals surface area contributed by atoms with E-state index >= 15 is 0 Å². The van der Waals surface area contributed by atoms with Gasteiger partial charge in [0.05, 0.1) is 8.67 Å². The van der Waals surface area contributed by atoms with Gasteiger partial charge in [-0.05, 0) is 30.4 Å². The lowest BCUT2D eigenvalue weighted by molar-refractivity contribution is 0.332. The fourth-order valence-corrected chi connectivity index (χ4v) is 5.07. The van der Waals surface area contributed by atoms with Gasteiger partial charge in [-0.2, -0.15) is 0 Å². The molecule has 2 rings (SSSR count). The predicted octanol–water partition coefficient (Wildman–Crippen LogP) is 6.85. The van der Waals surface area contributed by atoms with Crippen molar-refractivity contribution in [2.45, 2.75) is 49.8 Å². The van der Waals surface area contributed by atoms with E-state index in [4.69, 9.17) is 23.2 Å². The number of halogens is 3. The molecule has 1 fully saturated rings. The van der Waals surface area contributed by atoms with E-state index in [1.165, 1.54) is 49.9 Å². The predicted molar refractivity (Wildman–Crippen MR) is 81.8 cm³/mol. The van der Waals surface area contributed by atoms with Crippen LogP contribution in [0.3, 0.4) is 0 Å². The molecule has 1 aromatic rings. The third-order valence-electron chi connectivity index (χ3n) is 3.57. The molecule has 0 saturated heterocycles. The molecule has 0 amide bonds. The van der Waals surface area contributed by atoms with Crippen LogP contribution in [-0.2, 0) is 0 Å². The Hall–Kier alpha value is 0.760. The number of hydrogen-bond donors (Lipinski definition) is 0. The maximum Gasteiger partial charge on any atom is 0.0987 e. The first-order valence-corrected chi connectivity index (χ1v) is 8.74. The van der Waals surface area contributed by atoms with E-state index in [2.05, 4.69) is 15.9 Å². The van der Waals surface area contributed by atoms with Crippen molar-refractivity contribution in [3.8, 4) is 0 Å². The minimum Gasteiger partial charge on any atom is -0.111 e. The molecule has 1 aromatic heterocycles. The molecule has 0 nitrogen and oxygen atoms in total. The summed E-state index contributed by atoms with van der Waals surface area (Å²) < 4.78 is 1.62. The van der Waals surface area contributed by atoms with Gasteiger partial charge >= 0.3 is 0 Å². The van der Waals surface area contributed by atoms with Crippen molar-refractivity contribution in [2.75, 3.05) is 0 Å². The summed E-state index contributed by atoms with van der Waals surface area (Å²) >= 11 is 17.3. The maximum absolute atomic E-state index is 6.17. The Morgan fingerprint density at radius 1 is 1.29 bits per heavy atom. The topological polar surface area (TPSA) is 0 Å². The van der Waals surface area contributed by atoms with Gasteiger partial charge in [-0.3, -0.25) is 0 Å². The highest BCUT2D eigenvalue weighted by Gasteiger charge is 2.18. The summed E-state index contributed by atoms with van der Waals surface area (Å²) in [5.74, 6) is 0.927. The van der Waals surface area contributed by atoms with Gasteiger partial charge in [0.25, 0.3) is 0 Å². The molecule has 1 aliphatic rings. The third kappa shape index (κ3) is 4.12. The Bertz CT molecular complexity index is 358. The summed E-state index contributed by atoms with van der Waals surface area (Å²) in [4.78, 5) is 0.362. The molecule has 1 atom stereocenters. The fraction of sp³-hybridized carbons (Fsp3) is 0.692. The van der Waals surface area contributed by atoms with E-state index in [-0.39, 0.29) is 0 Å². The minimum absolute atomic E-state index is 0.362. The quantitative estimate of drug-likeness (QED) is 0.518. The van der Waals surface area contributed by atoms with Crippen LogP contribution in [-0.4, -0.2) is 0 Å². The van der Waals surface area contributed by atoms with Crippen molar-refractivity contribution < 1.29 is 0 Å². The van der Waals surface area contributed by atoms with Crippen LogP contribution in [0.15, 0.2) is 6.07 Å². The molecule has 1 saturated carbocycles. The van der Waals surface area contributed by atoms with Crippen LogP contribution in [0, 0.1) is 5.92 Å². The molecule has 17 heavy (non-hydrogen) atoms. The Morgan fingerprint density at radius 2 is 2.00 bits per heavy atom. The second-order valence-electron chi connectivity index (χ2n) is 4.83. The average molecular weight is 356 g/mol. The van der Waals surface area contributed by atoms with Crippen LogP contribution in [0.5, 0.6) is 0 Å². The van der Waals surface area contributed by atoms with Crippen LogP contribution in [0.25, 0.3) is 0 Å². The van der Waals surface area contributed by atoms with Crippen LogP contribution in [0.1, 0.15) is 55.3 Å². The number of rotatable bonds is 4. The second-order valence-corrected chi connectivity index (χ2v) is 8.22. The number of thiophene rings is 1. The van der Waals surface area contributed by atoms with Crippen LogP contribution >= 0.6 is 50.5 Å². The van der Waals surface area contributed by atoms with E-state index in [1.54, 1.807) is 0 Å². The normalized spacial score (nSPS) is 19.5. The molecule has 1 heterocycles. The van der Waals surface area contributed by atoms with Crippen molar-refractivity contribution in [2.24, 2.45) is 5.92 Å². The summed E-state index contributed by atoms with van der Waals surface area (Å²) in [7, 11) is 0. The fourth-order valence-electron chi connectivity index (χ4n) is 2.58. The van der Waals surface area contributed by atoms with Crippen LogP contribution < -0.4 is 0 Å². The first-order chi connectivity index (χ1) is 8.16. The largest absolute Gasteiger partial charge is 0.111 e. The Balaban J connectivity index is 1.84. The smallest absolute Gasteiger partial charge is 0.0987 e. The van der Waals surface area contributed by atoms with Crippen molar-refractivity contribution in [1.82, 2.24) is 0 Å². The number of alkyl halides is 1. The Labute approximate surface area is 126 Å². The van der Waals surface area contributed by atoms with Gasteiger partial charge in [-0.1, -0.05) is 71.2 Å². The zero-order chi connectivity index (χ0) is 12.3. The summed E-state index contributed by atoms with van der Waals surface area (Å²) in [5.41, 5.74) is 1.16. The van der Waals surface area contributed by atoms with Crippen molar-refractivity contribution >= 4 is 50.5 Å². The van der Waals surface area contributed by atoms with E-state index in [1.807, 2.05) is 6.07 Å². The summed E-state index contributed by atoms with van der Waals surface area (Å²) in [5, 5.41) is 0. The molecule has 0 N–H and O–H groups in total. The van der Waals surface area contributed by atoms with Gasteiger partial charge in [0.15, 0.2) is 0 Å². The average Bonchev–Trinajstić information content (AvgIpc) is 2.67. The molecule has 4 heteroatoms. The van der Waals surface area contributed by atoms with Gasteiger partial charge < -0.3 is 0 Å². The zero-order valence-electron chi connectivity index (χ0n) is 9.72. The van der Waals surface area contributed by atoms with E-state index in [9.17, 15) is 0 Å². The molecule has 0 spiro atoms. The first-order valence-electron chi connectivity index (χ1n) is 6.25. The van der Waals surface area contributed by atoms with Crippen LogP contribution in [0.4, 0.5) is 0 Å². The molecule has 0 aliphatic heterocycles. The van der Waals surface area contributed by atoms with E-state index < -0.39 is 0 Å².